The van der Waals surface area contributed by atoms with Crippen molar-refractivity contribution in [1.29, 1.82) is 0 Å². The highest BCUT2D eigenvalue weighted by Gasteiger charge is 2.06. The van der Waals surface area contributed by atoms with Crippen LogP contribution in [-0.2, 0) is 6.42 Å². The van der Waals surface area contributed by atoms with E-state index in [2.05, 4.69) is 22.9 Å². The number of unbranched alkanes of at least 4 members (excludes halogenated alkanes) is 6. The molecule has 0 saturated heterocycles. The number of benzene rings is 1. The highest BCUT2D eigenvalue weighted by atomic mass is 79.9. The van der Waals surface area contributed by atoms with Gasteiger partial charge in [-0.05, 0) is 36.6 Å². The molecule has 1 rings (SSSR count). The second-order valence-electron chi connectivity index (χ2n) is 5.65. The molecule has 20 heavy (non-hydrogen) atoms. The van der Waals surface area contributed by atoms with Crippen molar-refractivity contribution in [2.75, 3.05) is 0 Å². The first-order valence-corrected chi connectivity index (χ1v) is 8.61. The third-order valence-corrected chi connectivity index (χ3v) is 4.06. The molecule has 3 heteroatoms. The zero-order valence-corrected chi connectivity index (χ0v) is 14.1. The van der Waals surface area contributed by atoms with Crippen molar-refractivity contribution in [1.82, 2.24) is 0 Å². The highest BCUT2D eigenvalue weighted by Crippen LogP contribution is 2.17. The predicted octanol–water partition coefficient (Wildman–Crippen LogP) is 5.60. The smallest absolute Gasteiger partial charge is 0.124 e. The standard InChI is InChI=1S/C17H27BrFN/c1-2-3-4-5-6-7-8-9-17(20)12-14-10-15(18)13-16(19)11-14/h10-11,13,17H,2-9,12,20H2,1H3. The fraction of sp³-hybridized carbons (Fsp3) is 0.647. The van der Waals surface area contributed by atoms with Crippen LogP contribution >= 0.6 is 15.9 Å². The van der Waals surface area contributed by atoms with Gasteiger partial charge in [-0.1, -0.05) is 67.8 Å². The van der Waals surface area contributed by atoms with Crippen LogP contribution in [0.25, 0.3) is 0 Å². The summed E-state index contributed by atoms with van der Waals surface area (Å²) < 4.78 is 14.0. The fourth-order valence-corrected chi connectivity index (χ4v) is 3.01. The summed E-state index contributed by atoms with van der Waals surface area (Å²) >= 11 is 3.32. The minimum absolute atomic E-state index is 0.138. The Kier molecular flexibility index (Phi) is 9.12. The van der Waals surface area contributed by atoms with E-state index in [1.165, 1.54) is 51.0 Å². The monoisotopic (exact) mass is 343 g/mol. The normalized spacial score (nSPS) is 12.6. The predicted molar refractivity (Wildman–Crippen MR) is 88.4 cm³/mol. The summed E-state index contributed by atoms with van der Waals surface area (Å²) in [5.41, 5.74) is 7.11. The molecule has 0 saturated carbocycles. The Morgan fingerprint density at radius 1 is 1.05 bits per heavy atom. The summed E-state index contributed by atoms with van der Waals surface area (Å²) in [6, 6.07) is 5.15. The summed E-state index contributed by atoms with van der Waals surface area (Å²) in [5, 5.41) is 0. The van der Waals surface area contributed by atoms with Gasteiger partial charge in [0, 0.05) is 10.5 Å². The first kappa shape index (κ1) is 17.6. The topological polar surface area (TPSA) is 26.0 Å². The van der Waals surface area contributed by atoms with Crippen LogP contribution in [0.5, 0.6) is 0 Å². The van der Waals surface area contributed by atoms with E-state index in [0.29, 0.717) is 0 Å². The summed E-state index contributed by atoms with van der Waals surface area (Å²) in [5.74, 6) is -0.197. The molecule has 1 aromatic carbocycles. The van der Waals surface area contributed by atoms with Crippen LogP contribution in [0.15, 0.2) is 22.7 Å². The molecule has 1 nitrogen and oxygen atoms in total. The second kappa shape index (κ2) is 10.3. The van der Waals surface area contributed by atoms with Gasteiger partial charge in [-0.15, -0.1) is 0 Å². The van der Waals surface area contributed by atoms with Crippen LogP contribution in [0.4, 0.5) is 4.39 Å². The van der Waals surface area contributed by atoms with Crippen LogP contribution in [0.2, 0.25) is 0 Å². The minimum atomic E-state index is -0.197. The van der Waals surface area contributed by atoms with E-state index in [-0.39, 0.29) is 11.9 Å². The van der Waals surface area contributed by atoms with Crippen molar-refractivity contribution < 1.29 is 4.39 Å². The van der Waals surface area contributed by atoms with Gasteiger partial charge in [0.2, 0.25) is 0 Å². The lowest BCUT2D eigenvalue weighted by atomic mass is 10.0. The molecule has 2 N–H and O–H groups in total. The fourth-order valence-electron chi connectivity index (χ4n) is 2.50. The molecule has 0 spiro atoms. The molecule has 114 valence electrons. The van der Waals surface area contributed by atoms with Crippen molar-refractivity contribution in [3.63, 3.8) is 0 Å². The number of hydrogen-bond donors (Lipinski definition) is 1. The maximum absolute atomic E-state index is 13.3. The molecule has 0 heterocycles. The number of hydrogen-bond acceptors (Lipinski definition) is 1. The Morgan fingerprint density at radius 2 is 1.70 bits per heavy atom. The molecule has 0 aliphatic rings. The molecule has 1 atom stereocenters. The van der Waals surface area contributed by atoms with Gasteiger partial charge in [-0.2, -0.15) is 0 Å². The van der Waals surface area contributed by atoms with Crippen molar-refractivity contribution in [3.8, 4) is 0 Å². The van der Waals surface area contributed by atoms with Gasteiger partial charge in [0.1, 0.15) is 5.82 Å². The average molecular weight is 344 g/mol. The van der Waals surface area contributed by atoms with E-state index in [4.69, 9.17) is 5.73 Å². The van der Waals surface area contributed by atoms with Gasteiger partial charge in [0.15, 0.2) is 0 Å². The van der Waals surface area contributed by atoms with Crippen LogP contribution < -0.4 is 5.73 Å². The molecule has 1 aromatic rings. The van der Waals surface area contributed by atoms with E-state index in [0.717, 1.165) is 22.9 Å². The van der Waals surface area contributed by atoms with E-state index < -0.39 is 0 Å². The number of nitrogens with two attached hydrogens (primary N) is 1. The van der Waals surface area contributed by atoms with Gasteiger partial charge >= 0.3 is 0 Å². The molecular formula is C17H27BrFN. The van der Waals surface area contributed by atoms with Gasteiger partial charge in [-0.25, -0.2) is 4.39 Å². The van der Waals surface area contributed by atoms with E-state index in [1.54, 1.807) is 6.07 Å². The van der Waals surface area contributed by atoms with Crippen LogP contribution in [-0.4, -0.2) is 6.04 Å². The maximum atomic E-state index is 13.3. The Bertz CT molecular complexity index is 361. The molecule has 0 aliphatic heterocycles. The summed E-state index contributed by atoms with van der Waals surface area (Å²) in [6.07, 6.45) is 10.9. The lowest BCUT2D eigenvalue weighted by Gasteiger charge is -2.12. The van der Waals surface area contributed by atoms with Crippen molar-refractivity contribution in [3.05, 3.63) is 34.1 Å². The van der Waals surface area contributed by atoms with Crippen LogP contribution in [0, 0.1) is 5.82 Å². The Morgan fingerprint density at radius 3 is 2.35 bits per heavy atom. The summed E-state index contributed by atoms with van der Waals surface area (Å²) in [4.78, 5) is 0. The Labute approximate surface area is 131 Å². The molecule has 0 radical (unpaired) electrons. The quantitative estimate of drug-likeness (QED) is 0.550. The summed E-state index contributed by atoms with van der Waals surface area (Å²) in [6.45, 7) is 2.24. The summed E-state index contributed by atoms with van der Waals surface area (Å²) in [7, 11) is 0. The van der Waals surface area contributed by atoms with Gasteiger partial charge < -0.3 is 5.73 Å². The third kappa shape index (κ3) is 8.01. The van der Waals surface area contributed by atoms with Crippen molar-refractivity contribution in [2.24, 2.45) is 5.73 Å². The van der Waals surface area contributed by atoms with E-state index >= 15 is 0 Å². The minimum Gasteiger partial charge on any atom is -0.327 e. The molecule has 0 amide bonds. The SMILES string of the molecule is CCCCCCCCCC(N)Cc1cc(F)cc(Br)c1. The maximum Gasteiger partial charge on any atom is 0.124 e. The molecule has 1 unspecified atom stereocenters. The lowest BCUT2D eigenvalue weighted by molar-refractivity contribution is 0.527. The molecule has 0 fully saturated rings. The molecule has 0 bridgehead atoms. The first-order valence-electron chi connectivity index (χ1n) is 7.82. The molecule has 0 aromatic heterocycles. The van der Waals surface area contributed by atoms with Gasteiger partial charge in [-0.3, -0.25) is 0 Å². The highest BCUT2D eigenvalue weighted by molar-refractivity contribution is 9.10. The second-order valence-corrected chi connectivity index (χ2v) is 6.57. The average Bonchev–Trinajstić information content (AvgIpc) is 2.36. The number of rotatable bonds is 10. The van der Waals surface area contributed by atoms with Crippen LogP contribution in [0.1, 0.15) is 63.9 Å². The Hall–Kier alpha value is -0.410. The zero-order valence-electron chi connectivity index (χ0n) is 12.5. The zero-order chi connectivity index (χ0) is 14.8. The number of halogens is 2. The lowest BCUT2D eigenvalue weighted by Crippen LogP contribution is -2.22. The van der Waals surface area contributed by atoms with E-state index in [1.807, 2.05) is 6.07 Å². The first-order chi connectivity index (χ1) is 9.61. The Balaban J connectivity index is 2.15. The largest absolute Gasteiger partial charge is 0.327 e. The van der Waals surface area contributed by atoms with Gasteiger partial charge in [0.05, 0.1) is 0 Å². The van der Waals surface area contributed by atoms with E-state index in [9.17, 15) is 4.39 Å². The molecule has 0 aliphatic carbocycles. The third-order valence-electron chi connectivity index (χ3n) is 3.60. The van der Waals surface area contributed by atoms with Crippen molar-refractivity contribution >= 4 is 15.9 Å². The van der Waals surface area contributed by atoms with Crippen LogP contribution in [0.3, 0.4) is 0 Å². The van der Waals surface area contributed by atoms with Gasteiger partial charge in [0.25, 0.3) is 0 Å². The van der Waals surface area contributed by atoms with Crippen molar-refractivity contribution in [2.45, 2.75) is 70.8 Å². The molecular weight excluding hydrogens is 317 g/mol.